The molecule has 1 heterocycles. The van der Waals surface area contributed by atoms with Gasteiger partial charge in [-0.15, -0.1) is 0 Å². The Morgan fingerprint density at radius 3 is 2.82 bits per heavy atom. The van der Waals surface area contributed by atoms with Gasteiger partial charge in [0.05, 0.1) is 12.0 Å². The second kappa shape index (κ2) is 3.35. The molecule has 0 aliphatic carbocycles. The van der Waals surface area contributed by atoms with Crippen LogP contribution in [0.1, 0.15) is 6.42 Å². The predicted octanol–water partition coefficient (Wildman–Crippen LogP) is -0.0835. The van der Waals surface area contributed by atoms with Gasteiger partial charge in [-0.3, -0.25) is 4.79 Å². The van der Waals surface area contributed by atoms with E-state index in [2.05, 4.69) is 0 Å². The van der Waals surface area contributed by atoms with Crippen LogP contribution in [0.4, 0.5) is 0 Å². The molecule has 0 aromatic heterocycles. The van der Waals surface area contributed by atoms with Crippen molar-refractivity contribution in [2.75, 3.05) is 19.6 Å². The summed E-state index contributed by atoms with van der Waals surface area (Å²) in [5, 5.41) is 16.7. The number of carboxylic acids is 1. The molecule has 0 saturated carbocycles. The van der Waals surface area contributed by atoms with Gasteiger partial charge in [0.1, 0.15) is 0 Å². The quantitative estimate of drug-likeness (QED) is 0.617. The van der Waals surface area contributed by atoms with Gasteiger partial charge in [0.15, 0.2) is 0 Å². The summed E-state index contributed by atoms with van der Waals surface area (Å²) < 4.78 is 0. The molecule has 1 fully saturated rings. The molecule has 0 atom stereocenters. The van der Waals surface area contributed by atoms with Crippen LogP contribution in [-0.2, 0) is 4.79 Å². The molecule has 1 aliphatic heterocycles. The van der Waals surface area contributed by atoms with Gasteiger partial charge in [0, 0.05) is 26.1 Å². The maximum absolute atomic E-state index is 10.3. The summed E-state index contributed by atoms with van der Waals surface area (Å²) in [6.07, 6.45) is 0.492. The van der Waals surface area contributed by atoms with E-state index in [-0.39, 0.29) is 5.92 Å². The van der Waals surface area contributed by atoms with Crippen molar-refractivity contribution in [3.8, 4) is 6.07 Å². The van der Waals surface area contributed by atoms with Gasteiger partial charge in [0.2, 0.25) is 0 Å². The van der Waals surface area contributed by atoms with E-state index in [1.807, 2.05) is 11.0 Å². The van der Waals surface area contributed by atoms with Crippen LogP contribution in [0.25, 0.3) is 0 Å². The van der Waals surface area contributed by atoms with Crippen molar-refractivity contribution >= 4 is 5.97 Å². The minimum absolute atomic E-state index is 0.200. The Hall–Kier alpha value is -1.08. The minimum Gasteiger partial charge on any atom is -0.481 e. The van der Waals surface area contributed by atoms with Crippen molar-refractivity contribution < 1.29 is 9.90 Å². The van der Waals surface area contributed by atoms with E-state index in [9.17, 15) is 4.79 Å². The molecule has 4 heteroatoms. The molecule has 0 amide bonds. The lowest BCUT2D eigenvalue weighted by Gasteiger charge is -2.35. The number of hydrogen-bond acceptors (Lipinski definition) is 3. The highest BCUT2D eigenvalue weighted by Gasteiger charge is 2.31. The number of carboxylic acid groups (broad SMARTS) is 1. The first-order valence-electron chi connectivity index (χ1n) is 3.56. The second-order valence-corrected chi connectivity index (χ2v) is 2.70. The molecular weight excluding hydrogens is 144 g/mol. The summed E-state index contributed by atoms with van der Waals surface area (Å²) in [6.45, 7) is 1.92. The smallest absolute Gasteiger partial charge is 0.309 e. The largest absolute Gasteiger partial charge is 0.481 e. The summed E-state index contributed by atoms with van der Waals surface area (Å²) >= 11 is 0. The average Bonchev–Trinajstić information content (AvgIpc) is 1.84. The lowest BCUT2D eigenvalue weighted by Crippen LogP contribution is -2.50. The molecule has 0 aromatic rings. The van der Waals surface area contributed by atoms with Gasteiger partial charge in [0.25, 0.3) is 0 Å². The van der Waals surface area contributed by atoms with Crippen LogP contribution in [-0.4, -0.2) is 35.6 Å². The zero-order chi connectivity index (χ0) is 8.27. The van der Waals surface area contributed by atoms with Gasteiger partial charge in [-0.05, 0) is 0 Å². The molecule has 0 spiro atoms. The molecule has 1 rings (SSSR count). The highest BCUT2D eigenvalue weighted by Crippen LogP contribution is 2.14. The molecule has 1 N–H and O–H groups in total. The maximum atomic E-state index is 10.3. The Balaban J connectivity index is 2.10. The van der Waals surface area contributed by atoms with Crippen molar-refractivity contribution in [1.82, 2.24) is 4.90 Å². The molecule has 0 bridgehead atoms. The number of aliphatic carboxylic acids is 1. The summed E-state index contributed by atoms with van der Waals surface area (Å²) in [7, 11) is 0. The third-order valence-corrected chi connectivity index (χ3v) is 1.85. The molecule has 11 heavy (non-hydrogen) atoms. The van der Waals surface area contributed by atoms with E-state index in [0.29, 0.717) is 26.1 Å². The highest BCUT2D eigenvalue weighted by molar-refractivity contribution is 5.71. The summed E-state index contributed by atoms with van der Waals surface area (Å²) in [4.78, 5) is 12.3. The SMILES string of the molecule is N#CCCN1CC(C(=O)O)C1. The molecular formula is C7H10N2O2. The number of nitriles is 1. The number of likely N-dealkylation sites (tertiary alicyclic amines) is 1. The summed E-state index contributed by atoms with van der Waals surface area (Å²) in [5.74, 6) is -0.924. The van der Waals surface area contributed by atoms with Crippen molar-refractivity contribution in [2.24, 2.45) is 5.92 Å². The van der Waals surface area contributed by atoms with Crippen molar-refractivity contribution in [1.29, 1.82) is 5.26 Å². The Morgan fingerprint density at radius 2 is 2.36 bits per heavy atom. The Labute approximate surface area is 65.0 Å². The standard InChI is InChI=1S/C7H10N2O2/c8-2-1-3-9-4-6(5-9)7(10)11/h6H,1,3-5H2,(H,10,11). The molecule has 1 saturated heterocycles. The van der Waals surface area contributed by atoms with E-state index < -0.39 is 5.97 Å². The van der Waals surface area contributed by atoms with Crippen LogP contribution in [0, 0.1) is 17.2 Å². The van der Waals surface area contributed by atoms with E-state index >= 15 is 0 Å². The molecule has 0 aromatic carbocycles. The topological polar surface area (TPSA) is 64.3 Å². The Bertz CT molecular complexity index is 191. The number of carbonyl (C=O) groups is 1. The first kappa shape index (κ1) is 8.02. The number of rotatable bonds is 3. The van der Waals surface area contributed by atoms with E-state index in [4.69, 9.17) is 10.4 Å². The fourth-order valence-corrected chi connectivity index (χ4v) is 1.12. The molecule has 0 unspecified atom stereocenters. The zero-order valence-corrected chi connectivity index (χ0v) is 6.16. The average molecular weight is 154 g/mol. The number of nitrogens with zero attached hydrogens (tertiary/aromatic N) is 2. The minimum atomic E-state index is -0.724. The third kappa shape index (κ3) is 1.92. The molecule has 60 valence electrons. The van der Waals surface area contributed by atoms with Crippen LogP contribution >= 0.6 is 0 Å². The summed E-state index contributed by atoms with van der Waals surface area (Å²) in [6, 6.07) is 2.02. The van der Waals surface area contributed by atoms with Gasteiger partial charge in [-0.2, -0.15) is 5.26 Å². The fourth-order valence-electron chi connectivity index (χ4n) is 1.12. The Morgan fingerprint density at radius 1 is 1.73 bits per heavy atom. The lowest BCUT2D eigenvalue weighted by molar-refractivity contribution is -0.147. The van der Waals surface area contributed by atoms with Crippen LogP contribution < -0.4 is 0 Å². The third-order valence-electron chi connectivity index (χ3n) is 1.85. The first-order chi connectivity index (χ1) is 5.24. The normalized spacial score (nSPS) is 18.8. The Kier molecular flexibility index (Phi) is 2.44. The van der Waals surface area contributed by atoms with Crippen LogP contribution in [0.2, 0.25) is 0 Å². The molecule has 0 radical (unpaired) electrons. The van der Waals surface area contributed by atoms with Crippen LogP contribution in [0.15, 0.2) is 0 Å². The zero-order valence-electron chi connectivity index (χ0n) is 6.16. The van der Waals surface area contributed by atoms with Crippen molar-refractivity contribution in [3.63, 3.8) is 0 Å². The monoisotopic (exact) mass is 154 g/mol. The van der Waals surface area contributed by atoms with Gasteiger partial charge in [-0.1, -0.05) is 0 Å². The van der Waals surface area contributed by atoms with Gasteiger partial charge >= 0.3 is 5.97 Å². The first-order valence-corrected chi connectivity index (χ1v) is 3.56. The maximum Gasteiger partial charge on any atom is 0.309 e. The lowest BCUT2D eigenvalue weighted by atomic mass is 10.0. The second-order valence-electron chi connectivity index (χ2n) is 2.70. The van der Waals surface area contributed by atoms with Crippen molar-refractivity contribution in [3.05, 3.63) is 0 Å². The summed E-state index contributed by atoms with van der Waals surface area (Å²) in [5.41, 5.74) is 0. The van der Waals surface area contributed by atoms with Gasteiger partial charge < -0.3 is 10.0 Å². The number of hydrogen-bond donors (Lipinski definition) is 1. The van der Waals surface area contributed by atoms with Gasteiger partial charge in [-0.25, -0.2) is 0 Å². The molecule has 1 aliphatic rings. The fraction of sp³-hybridized carbons (Fsp3) is 0.714. The van der Waals surface area contributed by atoms with Crippen LogP contribution in [0.5, 0.6) is 0 Å². The van der Waals surface area contributed by atoms with Crippen LogP contribution in [0.3, 0.4) is 0 Å². The highest BCUT2D eigenvalue weighted by atomic mass is 16.4. The van der Waals surface area contributed by atoms with E-state index in [0.717, 1.165) is 0 Å². The van der Waals surface area contributed by atoms with Crippen molar-refractivity contribution in [2.45, 2.75) is 6.42 Å². The predicted molar refractivity (Wildman–Crippen MR) is 37.8 cm³/mol. The van der Waals surface area contributed by atoms with E-state index in [1.165, 1.54) is 0 Å². The molecule has 4 nitrogen and oxygen atoms in total. The van der Waals surface area contributed by atoms with E-state index in [1.54, 1.807) is 0 Å².